The molecule has 0 amide bonds. The molecule has 0 fully saturated rings. The third-order valence-electron chi connectivity index (χ3n) is 3.35. The Hall–Kier alpha value is -1.94. The van der Waals surface area contributed by atoms with Crippen molar-refractivity contribution in [1.29, 1.82) is 0 Å². The van der Waals surface area contributed by atoms with E-state index in [1.807, 2.05) is 13.8 Å². The summed E-state index contributed by atoms with van der Waals surface area (Å²) in [6.45, 7) is 3.77. The lowest BCUT2D eigenvalue weighted by Gasteiger charge is -2.06. The number of alkyl halides is 3. The van der Waals surface area contributed by atoms with Crippen molar-refractivity contribution in [3.63, 3.8) is 0 Å². The number of aromatic amines is 1. The predicted molar refractivity (Wildman–Crippen MR) is 86.3 cm³/mol. The number of fused-ring (bicyclic) bond motifs is 1. The minimum absolute atomic E-state index is 0.0221. The summed E-state index contributed by atoms with van der Waals surface area (Å²) in [6, 6.07) is 0.813. The number of nitrogens with one attached hydrogen (secondary N) is 1. The highest BCUT2D eigenvalue weighted by atomic mass is 32.2. The Labute approximate surface area is 142 Å². The molecule has 5 nitrogen and oxygen atoms in total. The molecule has 0 atom stereocenters. The third-order valence-corrected chi connectivity index (χ3v) is 5.32. The molecule has 0 aromatic carbocycles. The molecule has 0 unspecified atom stereocenters. The van der Waals surface area contributed by atoms with E-state index in [1.54, 1.807) is 0 Å². The van der Waals surface area contributed by atoms with Crippen LogP contribution in [0.3, 0.4) is 0 Å². The van der Waals surface area contributed by atoms with E-state index in [-0.39, 0.29) is 16.5 Å². The molecule has 0 saturated heterocycles. The maximum Gasteiger partial charge on any atom is 0.433 e. The zero-order valence-corrected chi connectivity index (χ0v) is 14.2. The van der Waals surface area contributed by atoms with Gasteiger partial charge in [0.25, 0.3) is 5.56 Å². The van der Waals surface area contributed by atoms with E-state index in [2.05, 4.69) is 19.9 Å². The van der Waals surface area contributed by atoms with E-state index in [1.165, 1.54) is 11.3 Å². The first-order valence-electron chi connectivity index (χ1n) is 6.77. The van der Waals surface area contributed by atoms with Gasteiger partial charge in [-0.05, 0) is 25.5 Å². The van der Waals surface area contributed by atoms with Crippen LogP contribution in [-0.4, -0.2) is 19.9 Å². The lowest BCUT2D eigenvalue weighted by Crippen LogP contribution is -2.11. The minimum atomic E-state index is -4.52. The molecule has 3 heterocycles. The first-order chi connectivity index (χ1) is 11.3. The Morgan fingerprint density at radius 1 is 1.29 bits per heavy atom. The summed E-state index contributed by atoms with van der Waals surface area (Å²) < 4.78 is 37.9. The molecule has 1 N–H and O–H groups in total. The Balaban J connectivity index is 1.85. The standard InChI is InChI=1S/C14H11F3N4OS2/c1-6-7(2)24-12-10(6)11(22)20-9(21-12)5-23-13-18-4-3-8(19-13)14(15,16)17/h3-4H,5H2,1-2H3,(H,20,21,22). The maximum atomic E-state index is 12.6. The van der Waals surface area contributed by atoms with Crippen LogP contribution in [0.5, 0.6) is 0 Å². The number of hydrogen-bond acceptors (Lipinski definition) is 6. The van der Waals surface area contributed by atoms with Gasteiger partial charge >= 0.3 is 6.18 Å². The lowest BCUT2D eigenvalue weighted by atomic mass is 10.2. The van der Waals surface area contributed by atoms with E-state index in [9.17, 15) is 18.0 Å². The van der Waals surface area contributed by atoms with E-state index >= 15 is 0 Å². The van der Waals surface area contributed by atoms with Gasteiger partial charge in [0.2, 0.25) is 0 Å². The molecule has 24 heavy (non-hydrogen) atoms. The van der Waals surface area contributed by atoms with Crippen molar-refractivity contribution >= 4 is 33.3 Å². The van der Waals surface area contributed by atoms with Gasteiger partial charge in [-0.1, -0.05) is 11.8 Å². The SMILES string of the molecule is Cc1sc2nc(CSc3nccc(C(F)(F)F)n3)[nH]c(=O)c2c1C. The number of H-pyrrole nitrogens is 1. The van der Waals surface area contributed by atoms with Crippen molar-refractivity contribution in [2.75, 3.05) is 0 Å². The first-order valence-corrected chi connectivity index (χ1v) is 8.58. The van der Waals surface area contributed by atoms with E-state index < -0.39 is 11.9 Å². The van der Waals surface area contributed by atoms with Crippen molar-refractivity contribution in [1.82, 2.24) is 19.9 Å². The predicted octanol–water partition coefficient (Wildman–Crippen LogP) is 3.70. The molecule has 0 aliphatic heterocycles. The summed E-state index contributed by atoms with van der Waals surface area (Å²) in [5.41, 5.74) is -0.354. The molecular formula is C14H11F3N4OS2. The van der Waals surface area contributed by atoms with Crippen molar-refractivity contribution in [3.8, 4) is 0 Å². The average molecular weight is 372 g/mol. The molecule has 3 rings (SSSR count). The maximum absolute atomic E-state index is 12.6. The van der Waals surface area contributed by atoms with Gasteiger partial charge in [0, 0.05) is 11.1 Å². The summed E-state index contributed by atoms with van der Waals surface area (Å²) in [5.74, 6) is 0.544. The summed E-state index contributed by atoms with van der Waals surface area (Å²) in [4.78, 5) is 28.1. The van der Waals surface area contributed by atoms with Crippen molar-refractivity contribution < 1.29 is 13.2 Å². The second kappa shape index (κ2) is 6.17. The van der Waals surface area contributed by atoms with Crippen molar-refractivity contribution in [2.24, 2.45) is 0 Å². The number of nitrogens with zero attached hydrogens (tertiary/aromatic N) is 3. The molecule has 126 valence electrons. The number of rotatable bonds is 3. The molecule has 0 bridgehead atoms. The molecule has 0 aliphatic carbocycles. The Morgan fingerprint density at radius 3 is 2.75 bits per heavy atom. The highest BCUT2D eigenvalue weighted by molar-refractivity contribution is 7.98. The molecule has 3 aromatic rings. The number of thioether (sulfide) groups is 1. The second-order valence-corrected chi connectivity index (χ2v) is 7.13. The number of hydrogen-bond donors (Lipinski definition) is 1. The van der Waals surface area contributed by atoms with Gasteiger partial charge in [-0.3, -0.25) is 4.79 Å². The normalized spacial score (nSPS) is 12.0. The van der Waals surface area contributed by atoms with Gasteiger partial charge in [-0.2, -0.15) is 13.2 Å². The van der Waals surface area contributed by atoms with Gasteiger partial charge in [-0.25, -0.2) is 15.0 Å². The Bertz CT molecular complexity index is 965. The lowest BCUT2D eigenvalue weighted by molar-refractivity contribution is -0.141. The average Bonchev–Trinajstić information content (AvgIpc) is 2.80. The Kier molecular flexibility index (Phi) is 4.35. The molecule has 10 heteroatoms. The van der Waals surface area contributed by atoms with Crippen LogP contribution < -0.4 is 5.56 Å². The monoisotopic (exact) mass is 372 g/mol. The fraction of sp³-hybridized carbons (Fsp3) is 0.286. The summed E-state index contributed by atoms with van der Waals surface area (Å²) in [6.07, 6.45) is -3.46. The quantitative estimate of drug-likeness (QED) is 0.561. The van der Waals surface area contributed by atoms with Crippen LogP contribution in [0, 0.1) is 13.8 Å². The molecular weight excluding hydrogens is 361 g/mol. The molecule has 0 radical (unpaired) electrons. The van der Waals surface area contributed by atoms with Gasteiger partial charge in [0.15, 0.2) is 5.16 Å². The fourth-order valence-corrected chi connectivity index (χ4v) is 3.82. The Morgan fingerprint density at radius 2 is 2.04 bits per heavy atom. The van der Waals surface area contributed by atoms with E-state index in [0.29, 0.717) is 16.0 Å². The smallest absolute Gasteiger partial charge is 0.309 e. The zero-order valence-electron chi connectivity index (χ0n) is 12.6. The largest absolute Gasteiger partial charge is 0.433 e. The van der Waals surface area contributed by atoms with Crippen LogP contribution in [0.1, 0.15) is 22.0 Å². The van der Waals surface area contributed by atoms with Gasteiger partial charge in [0.05, 0.1) is 11.1 Å². The van der Waals surface area contributed by atoms with Crippen molar-refractivity contribution in [3.05, 3.63) is 44.6 Å². The zero-order chi connectivity index (χ0) is 17.5. The number of halogens is 3. The van der Waals surface area contributed by atoms with Crippen LogP contribution in [0.25, 0.3) is 10.2 Å². The highest BCUT2D eigenvalue weighted by Gasteiger charge is 2.32. The topological polar surface area (TPSA) is 71.5 Å². The summed E-state index contributed by atoms with van der Waals surface area (Å²) in [5, 5.41) is 0.535. The van der Waals surface area contributed by atoms with Crippen LogP contribution in [0.2, 0.25) is 0 Å². The molecule has 0 aliphatic rings. The molecule has 0 saturated carbocycles. The van der Waals surface area contributed by atoms with Gasteiger partial charge < -0.3 is 4.98 Å². The fourth-order valence-electron chi connectivity index (χ4n) is 2.07. The second-order valence-electron chi connectivity index (χ2n) is 4.99. The number of thiophene rings is 1. The van der Waals surface area contributed by atoms with Crippen LogP contribution in [0.15, 0.2) is 22.2 Å². The van der Waals surface area contributed by atoms with Gasteiger partial charge in [0.1, 0.15) is 16.3 Å². The number of aryl methyl sites for hydroxylation is 2. The van der Waals surface area contributed by atoms with Crippen LogP contribution >= 0.6 is 23.1 Å². The van der Waals surface area contributed by atoms with Crippen molar-refractivity contribution in [2.45, 2.75) is 30.9 Å². The highest BCUT2D eigenvalue weighted by Crippen LogP contribution is 2.29. The van der Waals surface area contributed by atoms with Crippen LogP contribution in [-0.2, 0) is 11.9 Å². The summed E-state index contributed by atoms with van der Waals surface area (Å²) in [7, 11) is 0. The summed E-state index contributed by atoms with van der Waals surface area (Å²) >= 11 is 2.40. The third kappa shape index (κ3) is 3.29. The molecule has 0 spiro atoms. The molecule has 3 aromatic heterocycles. The van der Waals surface area contributed by atoms with E-state index in [4.69, 9.17) is 0 Å². The number of aromatic nitrogens is 4. The first kappa shape index (κ1) is 16.9. The van der Waals surface area contributed by atoms with Crippen LogP contribution in [0.4, 0.5) is 13.2 Å². The van der Waals surface area contributed by atoms with Gasteiger partial charge in [-0.15, -0.1) is 11.3 Å². The van der Waals surface area contributed by atoms with E-state index in [0.717, 1.165) is 34.5 Å². The minimum Gasteiger partial charge on any atom is -0.309 e.